The Kier molecular flexibility index (Phi) is 6.29. The molecule has 6 nitrogen and oxygen atoms in total. The second kappa shape index (κ2) is 8.65. The molecule has 0 unspecified atom stereocenters. The number of thiocarbonyl (C=S) groups is 1. The molecule has 2 aliphatic heterocycles. The van der Waals surface area contributed by atoms with Crippen LogP contribution < -0.4 is 20.4 Å². The predicted molar refractivity (Wildman–Crippen MR) is 109 cm³/mol. The molecule has 1 atom stereocenters. The SMILES string of the molecule is CCCNC(=S)Nc1nc(N2CCCC2)cc(N2CCCC[C@H]2C)n1. The maximum absolute atomic E-state index is 5.37. The minimum atomic E-state index is 0.521. The number of anilines is 3. The molecule has 0 aromatic carbocycles. The number of aromatic nitrogens is 2. The van der Waals surface area contributed by atoms with Gasteiger partial charge in [-0.25, -0.2) is 0 Å². The van der Waals surface area contributed by atoms with Crippen LogP contribution in [-0.2, 0) is 0 Å². The average Bonchev–Trinajstić information content (AvgIpc) is 3.15. The van der Waals surface area contributed by atoms with Gasteiger partial charge in [-0.15, -0.1) is 0 Å². The van der Waals surface area contributed by atoms with E-state index in [0.29, 0.717) is 17.1 Å². The highest BCUT2D eigenvalue weighted by molar-refractivity contribution is 7.80. The molecule has 3 rings (SSSR count). The lowest BCUT2D eigenvalue weighted by atomic mass is 10.0. The molecule has 3 heterocycles. The van der Waals surface area contributed by atoms with Gasteiger partial charge in [0.2, 0.25) is 5.95 Å². The lowest BCUT2D eigenvalue weighted by molar-refractivity contribution is 0.481. The van der Waals surface area contributed by atoms with Crippen LogP contribution in [0.15, 0.2) is 6.07 Å². The molecule has 7 heteroatoms. The van der Waals surface area contributed by atoms with E-state index in [1.54, 1.807) is 0 Å². The standard InChI is InChI=1S/C18H30N6S/c1-3-9-19-18(25)22-17-20-15(23-10-6-7-11-23)13-16(21-17)24-12-5-4-8-14(24)2/h13-14H,3-12H2,1-2H3,(H2,19,20,21,22,25)/t14-/m1/s1. The molecular weight excluding hydrogens is 332 g/mol. The zero-order chi connectivity index (χ0) is 17.6. The minimum absolute atomic E-state index is 0.521. The summed E-state index contributed by atoms with van der Waals surface area (Å²) < 4.78 is 0. The van der Waals surface area contributed by atoms with E-state index in [1.165, 1.54) is 32.1 Å². The zero-order valence-electron chi connectivity index (χ0n) is 15.4. The monoisotopic (exact) mass is 362 g/mol. The Hall–Kier alpha value is -1.63. The summed E-state index contributed by atoms with van der Waals surface area (Å²) in [7, 11) is 0. The summed E-state index contributed by atoms with van der Waals surface area (Å²) in [5, 5.41) is 6.97. The molecule has 2 N–H and O–H groups in total. The maximum Gasteiger partial charge on any atom is 0.232 e. The Balaban J connectivity index is 1.84. The fraction of sp³-hybridized carbons (Fsp3) is 0.722. The van der Waals surface area contributed by atoms with Crippen LogP contribution in [0.5, 0.6) is 0 Å². The van der Waals surface area contributed by atoms with Gasteiger partial charge in [0.1, 0.15) is 11.6 Å². The Morgan fingerprint density at radius 3 is 2.60 bits per heavy atom. The van der Waals surface area contributed by atoms with Gasteiger partial charge in [-0.2, -0.15) is 9.97 Å². The van der Waals surface area contributed by atoms with Gasteiger partial charge >= 0.3 is 0 Å². The third-order valence-corrected chi connectivity index (χ3v) is 5.23. The van der Waals surface area contributed by atoms with Gasteiger partial charge in [0.05, 0.1) is 0 Å². The summed E-state index contributed by atoms with van der Waals surface area (Å²) in [4.78, 5) is 14.3. The summed E-state index contributed by atoms with van der Waals surface area (Å²) in [5.41, 5.74) is 0. The third kappa shape index (κ3) is 4.71. The van der Waals surface area contributed by atoms with Crippen LogP contribution in [0, 0.1) is 0 Å². The number of nitrogens with one attached hydrogen (secondary N) is 2. The highest BCUT2D eigenvalue weighted by Crippen LogP contribution is 2.28. The van der Waals surface area contributed by atoms with E-state index in [-0.39, 0.29) is 0 Å². The van der Waals surface area contributed by atoms with Crippen molar-refractivity contribution in [3.05, 3.63) is 6.07 Å². The van der Waals surface area contributed by atoms with Crippen molar-refractivity contribution in [1.82, 2.24) is 15.3 Å². The van der Waals surface area contributed by atoms with E-state index in [4.69, 9.17) is 22.2 Å². The number of hydrogen-bond acceptors (Lipinski definition) is 5. The van der Waals surface area contributed by atoms with Crippen molar-refractivity contribution in [3.63, 3.8) is 0 Å². The first-order valence-electron chi connectivity index (χ1n) is 9.63. The van der Waals surface area contributed by atoms with Gasteiger partial charge < -0.3 is 20.4 Å². The lowest BCUT2D eigenvalue weighted by Gasteiger charge is -2.35. The largest absolute Gasteiger partial charge is 0.362 e. The van der Waals surface area contributed by atoms with Crippen molar-refractivity contribution >= 4 is 34.9 Å². The van der Waals surface area contributed by atoms with Crippen LogP contribution in [-0.4, -0.2) is 47.3 Å². The molecule has 2 fully saturated rings. The quantitative estimate of drug-likeness (QED) is 0.780. The fourth-order valence-electron chi connectivity index (χ4n) is 3.56. The lowest BCUT2D eigenvalue weighted by Crippen LogP contribution is -2.38. The molecule has 0 aliphatic carbocycles. The van der Waals surface area contributed by atoms with E-state index in [1.807, 2.05) is 0 Å². The number of rotatable bonds is 5. The molecule has 1 aromatic rings. The zero-order valence-corrected chi connectivity index (χ0v) is 16.2. The first kappa shape index (κ1) is 18.2. The van der Waals surface area contributed by atoms with E-state index < -0.39 is 0 Å². The third-order valence-electron chi connectivity index (χ3n) is 4.99. The molecule has 0 saturated carbocycles. The van der Waals surface area contributed by atoms with Crippen LogP contribution >= 0.6 is 12.2 Å². The Morgan fingerprint density at radius 2 is 1.88 bits per heavy atom. The minimum Gasteiger partial charge on any atom is -0.362 e. The van der Waals surface area contributed by atoms with E-state index >= 15 is 0 Å². The topological polar surface area (TPSA) is 56.3 Å². The Labute approximate surface area is 156 Å². The van der Waals surface area contributed by atoms with Crippen molar-refractivity contribution in [2.75, 3.05) is 41.3 Å². The normalized spacial score (nSPS) is 20.6. The first-order chi connectivity index (χ1) is 12.2. The van der Waals surface area contributed by atoms with Crippen molar-refractivity contribution in [2.45, 2.75) is 58.4 Å². The molecule has 0 amide bonds. The predicted octanol–water partition coefficient (Wildman–Crippen LogP) is 3.15. The molecule has 2 aliphatic rings. The summed E-state index contributed by atoms with van der Waals surface area (Å²) >= 11 is 5.37. The van der Waals surface area contributed by atoms with Crippen LogP contribution in [0.1, 0.15) is 52.4 Å². The van der Waals surface area contributed by atoms with Crippen molar-refractivity contribution in [3.8, 4) is 0 Å². The van der Waals surface area contributed by atoms with Gasteiger partial charge in [-0.1, -0.05) is 6.92 Å². The number of piperidine rings is 1. The van der Waals surface area contributed by atoms with Gasteiger partial charge in [0.25, 0.3) is 0 Å². The van der Waals surface area contributed by atoms with E-state index in [0.717, 1.165) is 44.2 Å². The number of hydrogen-bond donors (Lipinski definition) is 2. The summed E-state index contributed by atoms with van der Waals surface area (Å²) in [5.74, 6) is 2.64. The van der Waals surface area contributed by atoms with Crippen LogP contribution in [0.4, 0.5) is 17.6 Å². The van der Waals surface area contributed by atoms with Crippen molar-refractivity contribution in [1.29, 1.82) is 0 Å². The second-order valence-electron chi connectivity index (χ2n) is 7.02. The molecule has 1 aromatic heterocycles. The van der Waals surface area contributed by atoms with Gasteiger partial charge in [-0.3, -0.25) is 0 Å². The molecule has 0 bridgehead atoms. The average molecular weight is 363 g/mol. The highest BCUT2D eigenvalue weighted by Gasteiger charge is 2.23. The highest BCUT2D eigenvalue weighted by atomic mass is 32.1. The molecular formula is C18H30N6S. The molecule has 0 spiro atoms. The van der Waals surface area contributed by atoms with Gasteiger partial charge in [0, 0.05) is 38.3 Å². The first-order valence-corrected chi connectivity index (χ1v) is 10.0. The molecule has 25 heavy (non-hydrogen) atoms. The maximum atomic E-state index is 5.37. The molecule has 138 valence electrons. The summed E-state index contributed by atoms with van der Waals surface area (Å²) in [6, 6.07) is 2.67. The summed E-state index contributed by atoms with van der Waals surface area (Å²) in [6.45, 7) is 8.48. The van der Waals surface area contributed by atoms with Crippen LogP contribution in [0.3, 0.4) is 0 Å². The van der Waals surface area contributed by atoms with Crippen LogP contribution in [0.25, 0.3) is 0 Å². The van der Waals surface area contributed by atoms with Crippen LogP contribution in [0.2, 0.25) is 0 Å². The van der Waals surface area contributed by atoms with E-state index in [2.05, 4.69) is 40.3 Å². The van der Waals surface area contributed by atoms with Crippen molar-refractivity contribution in [2.24, 2.45) is 0 Å². The van der Waals surface area contributed by atoms with Gasteiger partial charge in [-0.05, 0) is 57.7 Å². The Morgan fingerprint density at radius 1 is 1.16 bits per heavy atom. The fourth-order valence-corrected chi connectivity index (χ4v) is 3.75. The smallest absolute Gasteiger partial charge is 0.232 e. The van der Waals surface area contributed by atoms with Gasteiger partial charge in [0.15, 0.2) is 5.11 Å². The second-order valence-corrected chi connectivity index (χ2v) is 7.43. The molecule has 2 saturated heterocycles. The Bertz CT molecular complexity index is 587. The summed E-state index contributed by atoms with van der Waals surface area (Å²) in [6.07, 6.45) is 7.26. The van der Waals surface area contributed by atoms with Crippen molar-refractivity contribution < 1.29 is 0 Å². The number of nitrogens with zero attached hydrogens (tertiary/aromatic N) is 4. The van der Waals surface area contributed by atoms with E-state index in [9.17, 15) is 0 Å². The molecule has 0 radical (unpaired) electrons.